The van der Waals surface area contributed by atoms with Crippen molar-refractivity contribution in [2.24, 2.45) is 5.73 Å². The second-order valence-electron chi connectivity index (χ2n) is 3.32. The molecule has 0 fully saturated rings. The van der Waals surface area contributed by atoms with Crippen LogP contribution >= 0.6 is 0 Å². The van der Waals surface area contributed by atoms with Crippen molar-refractivity contribution in [1.29, 1.82) is 5.41 Å². The van der Waals surface area contributed by atoms with Crippen LogP contribution in [0.15, 0.2) is 0 Å². The van der Waals surface area contributed by atoms with E-state index in [2.05, 4.69) is 5.32 Å². The number of rotatable bonds is 6. The van der Waals surface area contributed by atoms with Gasteiger partial charge in [-0.3, -0.25) is 5.41 Å². The number of Topliss-reactive ketones (excluding diaryl/α,β-unsaturated/α-hetero) is 1. The lowest BCUT2D eigenvalue weighted by molar-refractivity contribution is -0.117. The molecule has 13 heavy (non-hydrogen) atoms. The fraction of sp³-hybridized carbons (Fsp3) is 0.778. The molecule has 0 aliphatic heterocycles. The predicted molar refractivity (Wildman–Crippen MR) is 53.7 cm³/mol. The Morgan fingerprint density at radius 2 is 2.08 bits per heavy atom. The largest absolute Gasteiger partial charge is 0.359 e. The molecule has 0 aliphatic rings. The van der Waals surface area contributed by atoms with Gasteiger partial charge in [0.25, 0.3) is 0 Å². The summed E-state index contributed by atoms with van der Waals surface area (Å²) in [5.41, 5.74) is 5.65. The average Bonchev–Trinajstić information content (AvgIpc) is 1.96. The maximum Gasteiger partial charge on any atom is 0.129 e. The number of nitrogens with two attached hydrogens (primary N) is 1. The van der Waals surface area contributed by atoms with Crippen molar-refractivity contribution in [2.45, 2.75) is 45.7 Å². The Morgan fingerprint density at radius 3 is 2.54 bits per heavy atom. The van der Waals surface area contributed by atoms with Gasteiger partial charge >= 0.3 is 0 Å². The molecular formula is C9H19N3O. The van der Waals surface area contributed by atoms with E-state index in [4.69, 9.17) is 11.1 Å². The van der Waals surface area contributed by atoms with Crippen molar-refractivity contribution in [3.8, 4) is 0 Å². The summed E-state index contributed by atoms with van der Waals surface area (Å²) < 4.78 is 0. The summed E-state index contributed by atoms with van der Waals surface area (Å²) in [6.07, 6.45) is 3.12. The molecule has 0 radical (unpaired) electrons. The number of carbonyl (C=O) groups is 1. The number of ketones is 1. The Morgan fingerprint density at radius 1 is 1.46 bits per heavy atom. The van der Waals surface area contributed by atoms with E-state index in [1.807, 2.05) is 0 Å². The van der Waals surface area contributed by atoms with Gasteiger partial charge in [0.1, 0.15) is 5.78 Å². The van der Waals surface area contributed by atoms with Crippen LogP contribution < -0.4 is 11.1 Å². The molecule has 0 aromatic rings. The Hall–Kier alpha value is -0.900. The SMILES string of the molecule is CC(=N)NC(N)CCCCC(C)=O. The van der Waals surface area contributed by atoms with Crippen LogP contribution in [0.2, 0.25) is 0 Å². The highest BCUT2D eigenvalue weighted by Crippen LogP contribution is 2.01. The first-order valence-corrected chi connectivity index (χ1v) is 4.59. The molecular weight excluding hydrogens is 166 g/mol. The highest BCUT2D eigenvalue weighted by Gasteiger charge is 2.01. The molecule has 0 heterocycles. The lowest BCUT2D eigenvalue weighted by Crippen LogP contribution is -2.39. The molecule has 0 aliphatic carbocycles. The minimum atomic E-state index is -0.149. The topological polar surface area (TPSA) is 79.0 Å². The Kier molecular flexibility index (Phi) is 6.14. The minimum Gasteiger partial charge on any atom is -0.359 e. The minimum absolute atomic E-state index is 0.149. The molecule has 0 saturated carbocycles. The van der Waals surface area contributed by atoms with Crippen molar-refractivity contribution in [2.75, 3.05) is 0 Å². The summed E-state index contributed by atoms with van der Waals surface area (Å²) in [6.45, 7) is 3.26. The van der Waals surface area contributed by atoms with Crippen LogP contribution in [0, 0.1) is 5.41 Å². The van der Waals surface area contributed by atoms with Crippen LogP contribution in [0.25, 0.3) is 0 Å². The average molecular weight is 185 g/mol. The number of hydrogen-bond acceptors (Lipinski definition) is 3. The number of hydrogen-bond donors (Lipinski definition) is 3. The maximum absolute atomic E-state index is 10.6. The zero-order valence-corrected chi connectivity index (χ0v) is 8.39. The zero-order valence-electron chi connectivity index (χ0n) is 8.39. The van der Waals surface area contributed by atoms with Crippen LogP contribution in [0.5, 0.6) is 0 Å². The molecule has 76 valence electrons. The third kappa shape index (κ3) is 9.01. The van der Waals surface area contributed by atoms with Gasteiger partial charge < -0.3 is 15.8 Å². The summed E-state index contributed by atoms with van der Waals surface area (Å²) in [5.74, 6) is 0.615. The molecule has 4 N–H and O–H groups in total. The van der Waals surface area contributed by atoms with Gasteiger partial charge in [0.05, 0.1) is 12.0 Å². The second kappa shape index (κ2) is 6.60. The van der Waals surface area contributed by atoms with Gasteiger partial charge in [0, 0.05) is 6.42 Å². The van der Waals surface area contributed by atoms with E-state index in [1.54, 1.807) is 13.8 Å². The van der Waals surface area contributed by atoms with Gasteiger partial charge in [0.15, 0.2) is 0 Å². The van der Waals surface area contributed by atoms with Gasteiger partial charge in [-0.1, -0.05) is 0 Å². The summed E-state index contributed by atoms with van der Waals surface area (Å²) in [4.78, 5) is 10.6. The van der Waals surface area contributed by atoms with E-state index < -0.39 is 0 Å². The lowest BCUT2D eigenvalue weighted by atomic mass is 10.1. The number of carbonyl (C=O) groups excluding carboxylic acids is 1. The molecule has 0 saturated heterocycles. The van der Waals surface area contributed by atoms with Crippen LogP contribution in [0.3, 0.4) is 0 Å². The zero-order chi connectivity index (χ0) is 10.3. The van der Waals surface area contributed by atoms with E-state index in [0.29, 0.717) is 12.3 Å². The third-order valence-corrected chi connectivity index (χ3v) is 1.70. The number of amidine groups is 1. The van der Waals surface area contributed by atoms with E-state index in [-0.39, 0.29) is 11.9 Å². The first kappa shape index (κ1) is 12.1. The quantitative estimate of drug-likeness (QED) is 0.250. The molecule has 1 unspecified atom stereocenters. The maximum atomic E-state index is 10.6. The molecule has 0 bridgehead atoms. The van der Waals surface area contributed by atoms with E-state index in [9.17, 15) is 4.79 Å². The van der Waals surface area contributed by atoms with Crippen molar-refractivity contribution in [1.82, 2.24) is 5.32 Å². The normalized spacial score (nSPS) is 12.2. The second-order valence-corrected chi connectivity index (χ2v) is 3.32. The monoisotopic (exact) mass is 185 g/mol. The summed E-state index contributed by atoms with van der Waals surface area (Å²) in [7, 11) is 0. The van der Waals surface area contributed by atoms with Crippen molar-refractivity contribution < 1.29 is 4.79 Å². The highest BCUT2D eigenvalue weighted by atomic mass is 16.1. The third-order valence-electron chi connectivity index (χ3n) is 1.70. The van der Waals surface area contributed by atoms with Gasteiger partial charge in [-0.25, -0.2) is 0 Å². The predicted octanol–water partition coefficient (Wildman–Crippen LogP) is 1.01. The molecule has 0 spiro atoms. The standard InChI is InChI=1S/C9H19N3O/c1-7(13)5-3-4-6-9(11)12-8(2)10/h9H,3-6,11H2,1-2H3,(H2,10,12). The van der Waals surface area contributed by atoms with E-state index in [1.165, 1.54) is 0 Å². The molecule has 0 aromatic carbocycles. The molecule has 4 nitrogen and oxygen atoms in total. The lowest BCUT2D eigenvalue weighted by Gasteiger charge is -2.12. The van der Waals surface area contributed by atoms with Crippen molar-refractivity contribution in [3.63, 3.8) is 0 Å². The van der Waals surface area contributed by atoms with Gasteiger partial charge in [0.2, 0.25) is 0 Å². The van der Waals surface area contributed by atoms with E-state index in [0.717, 1.165) is 19.3 Å². The van der Waals surface area contributed by atoms with Gasteiger partial charge in [-0.15, -0.1) is 0 Å². The fourth-order valence-corrected chi connectivity index (χ4v) is 1.09. The molecule has 1 atom stereocenters. The van der Waals surface area contributed by atoms with Crippen LogP contribution in [0.1, 0.15) is 39.5 Å². The molecule has 0 aromatic heterocycles. The summed E-state index contributed by atoms with van der Waals surface area (Å²) in [5, 5.41) is 9.94. The van der Waals surface area contributed by atoms with Gasteiger partial charge in [-0.05, 0) is 33.1 Å². The fourth-order valence-electron chi connectivity index (χ4n) is 1.09. The number of unbranched alkanes of at least 4 members (excludes halogenated alkanes) is 1. The van der Waals surface area contributed by atoms with Crippen molar-refractivity contribution in [3.05, 3.63) is 0 Å². The summed E-state index contributed by atoms with van der Waals surface area (Å²) >= 11 is 0. The van der Waals surface area contributed by atoms with Crippen LogP contribution in [-0.2, 0) is 4.79 Å². The van der Waals surface area contributed by atoms with Crippen molar-refractivity contribution >= 4 is 11.6 Å². The highest BCUT2D eigenvalue weighted by molar-refractivity contribution is 5.76. The molecule has 0 amide bonds. The first-order chi connectivity index (χ1) is 6.02. The summed E-state index contributed by atoms with van der Waals surface area (Å²) in [6, 6.07) is 0. The Bertz CT molecular complexity index is 180. The van der Waals surface area contributed by atoms with Gasteiger partial charge in [-0.2, -0.15) is 0 Å². The Balaban J connectivity index is 3.31. The first-order valence-electron chi connectivity index (χ1n) is 4.59. The Labute approximate surface area is 79.4 Å². The number of nitrogens with one attached hydrogen (secondary N) is 2. The van der Waals surface area contributed by atoms with Crippen LogP contribution in [0.4, 0.5) is 0 Å². The van der Waals surface area contributed by atoms with Crippen LogP contribution in [-0.4, -0.2) is 17.8 Å². The molecule has 0 rings (SSSR count). The molecule has 4 heteroatoms. The van der Waals surface area contributed by atoms with E-state index >= 15 is 0 Å². The smallest absolute Gasteiger partial charge is 0.129 e.